The quantitative estimate of drug-likeness (QED) is 0.344. The van der Waals surface area contributed by atoms with Gasteiger partial charge in [-0.25, -0.2) is 0 Å². The Morgan fingerprint density at radius 2 is 1.77 bits per heavy atom. The molecule has 5 atom stereocenters. The SMILES string of the molecule is CC(C)=CCC/C(C)=C/CCC(C)[C@@]1(C)CC[C@]2(C)C1CCC(=C(C)C)[C@H]2CCCO. The fraction of sp³-hybridized carbons (Fsp3) is 0.800. The first-order valence-corrected chi connectivity index (χ1v) is 13.1. The fourth-order valence-corrected chi connectivity index (χ4v) is 7.18. The Morgan fingerprint density at radius 1 is 1.06 bits per heavy atom. The molecule has 0 aliphatic heterocycles. The Kier molecular flexibility index (Phi) is 9.68. The third-order valence-electron chi connectivity index (χ3n) is 9.32. The molecule has 1 heteroatoms. The highest BCUT2D eigenvalue weighted by atomic mass is 16.2. The van der Waals surface area contributed by atoms with Gasteiger partial charge in [-0.05, 0) is 127 Å². The first-order chi connectivity index (χ1) is 14.6. The van der Waals surface area contributed by atoms with Gasteiger partial charge in [0.25, 0.3) is 0 Å². The van der Waals surface area contributed by atoms with Crippen LogP contribution in [0.15, 0.2) is 34.4 Å². The first-order valence-electron chi connectivity index (χ1n) is 13.1. The lowest BCUT2D eigenvalue weighted by molar-refractivity contribution is 0.0135. The zero-order valence-electron chi connectivity index (χ0n) is 22.1. The summed E-state index contributed by atoms with van der Waals surface area (Å²) in [6.07, 6.45) is 17.3. The molecule has 0 spiro atoms. The lowest BCUT2D eigenvalue weighted by atomic mass is 9.53. The molecule has 0 saturated heterocycles. The van der Waals surface area contributed by atoms with Gasteiger partial charge in [0.1, 0.15) is 0 Å². The highest BCUT2D eigenvalue weighted by molar-refractivity contribution is 5.24. The van der Waals surface area contributed by atoms with Crippen LogP contribution in [0.1, 0.15) is 120 Å². The van der Waals surface area contributed by atoms with Crippen LogP contribution in [0.4, 0.5) is 0 Å². The van der Waals surface area contributed by atoms with Crippen LogP contribution in [0.2, 0.25) is 0 Å². The molecule has 0 amide bonds. The van der Waals surface area contributed by atoms with E-state index in [1.807, 2.05) is 0 Å². The van der Waals surface area contributed by atoms with Crippen LogP contribution in [0.3, 0.4) is 0 Å². The normalized spacial score (nSPS) is 32.0. The van der Waals surface area contributed by atoms with E-state index in [9.17, 15) is 5.11 Å². The summed E-state index contributed by atoms with van der Waals surface area (Å²) in [6.45, 7) is 19.4. The van der Waals surface area contributed by atoms with Crippen molar-refractivity contribution in [2.24, 2.45) is 28.6 Å². The highest BCUT2D eigenvalue weighted by Crippen LogP contribution is 2.67. The molecule has 2 unspecified atom stereocenters. The van der Waals surface area contributed by atoms with E-state index in [1.54, 1.807) is 11.1 Å². The minimum atomic E-state index is 0.334. The molecule has 2 rings (SSSR count). The van der Waals surface area contributed by atoms with Crippen molar-refractivity contribution in [1.82, 2.24) is 0 Å². The van der Waals surface area contributed by atoms with Gasteiger partial charge >= 0.3 is 0 Å². The molecule has 0 aromatic rings. The molecule has 1 nitrogen and oxygen atoms in total. The predicted octanol–water partition coefficient (Wildman–Crippen LogP) is 9.04. The van der Waals surface area contributed by atoms with Crippen molar-refractivity contribution in [3.8, 4) is 0 Å². The number of fused-ring (bicyclic) bond motifs is 1. The molecule has 0 radical (unpaired) electrons. The molecule has 2 saturated carbocycles. The van der Waals surface area contributed by atoms with Gasteiger partial charge in [0.15, 0.2) is 0 Å². The van der Waals surface area contributed by atoms with E-state index < -0.39 is 0 Å². The molecule has 2 fully saturated rings. The lowest BCUT2D eigenvalue weighted by Gasteiger charge is -2.51. The van der Waals surface area contributed by atoms with Gasteiger partial charge in [-0.3, -0.25) is 0 Å². The van der Waals surface area contributed by atoms with E-state index in [0.29, 0.717) is 23.4 Å². The van der Waals surface area contributed by atoms with Crippen molar-refractivity contribution in [1.29, 1.82) is 0 Å². The van der Waals surface area contributed by atoms with Crippen LogP contribution < -0.4 is 0 Å². The Labute approximate surface area is 194 Å². The monoisotopic (exact) mass is 428 g/mol. The van der Waals surface area contributed by atoms with E-state index in [-0.39, 0.29) is 0 Å². The van der Waals surface area contributed by atoms with Gasteiger partial charge in [-0.15, -0.1) is 0 Å². The van der Waals surface area contributed by atoms with Crippen molar-refractivity contribution < 1.29 is 5.11 Å². The largest absolute Gasteiger partial charge is 0.396 e. The molecule has 0 heterocycles. The van der Waals surface area contributed by atoms with Crippen LogP contribution >= 0.6 is 0 Å². The predicted molar refractivity (Wildman–Crippen MR) is 137 cm³/mol. The minimum Gasteiger partial charge on any atom is -0.396 e. The molecule has 2 aliphatic rings. The van der Waals surface area contributed by atoms with Gasteiger partial charge in [0.2, 0.25) is 0 Å². The van der Waals surface area contributed by atoms with Crippen LogP contribution in [0, 0.1) is 28.6 Å². The van der Waals surface area contributed by atoms with E-state index >= 15 is 0 Å². The van der Waals surface area contributed by atoms with Gasteiger partial charge < -0.3 is 5.11 Å². The fourth-order valence-electron chi connectivity index (χ4n) is 7.18. The number of aliphatic hydroxyl groups excluding tert-OH is 1. The van der Waals surface area contributed by atoms with Crippen LogP contribution in [0.25, 0.3) is 0 Å². The molecule has 178 valence electrons. The third kappa shape index (κ3) is 6.16. The average Bonchev–Trinajstić information content (AvgIpc) is 2.98. The molecule has 31 heavy (non-hydrogen) atoms. The number of rotatable bonds is 10. The maximum atomic E-state index is 9.54. The molecular formula is C30H52O. The van der Waals surface area contributed by atoms with E-state index in [1.165, 1.54) is 68.9 Å². The number of aliphatic hydroxyl groups is 1. The van der Waals surface area contributed by atoms with Crippen molar-refractivity contribution >= 4 is 0 Å². The van der Waals surface area contributed by atoms with E-state index in [2.05, 4.69) is 67.5 Å². The molecule has 2 aliphatic carbocycles. The number of allylic oxidation sites excluding steroid dienone is 6. The summed E-state index contributed by atoms with van der Waals surface area (Å²) < 4.78 is 0. The molecular weight excluding hydrogens is 376 g/mol. The topological polar surface area (TPSA) is 20.2 Å². The molecule has 1 N–H and O–H groups in total. The Hall–Kier alpha value is -0.820. The van der Waals surface area contributed by atoms with Crippen molar-refractivity contribution in [3.05, 3.63) is 34.4 Å². The minimum absolute atomic E-state index is 0.334. The summed E-state index contributed by atoms with van der Waals surface area (Å²) in [7, 11) is 0. The van der Waals surface area contributed by atoms with Crippen molar-refractivity contribution in [3.63, 3.8) is 0 Å². The van der Waals surface area contributed by atoms with Gasteiger partial charge in [0, 0.05) is 6.61 Å². The average molecular weight is 429 g/mol. The standard InChI is InChI=1S/C30H52O/c1-22(2)12-9-13-24(5)14-10-15-25(6)29(7)19-20-30(8)27(16-11-21-31)26(23(3)4)17-18-28(29)30/h12,14,25,27-28,31H,9-11,13,15-21H2,1-8H3/b24-14+/t25?,27-,28?,29-,30+/m1/s1. The lowest BCUT2D eigenvalue weighted by Crippen LogP contribution is -2.43. The summed E-state index contributed by atoms with van der Waals surface area (Å²) in [5, 5.41) is 9.54. The summed E-state index contributed by atoms with van der Waals surface area (Å²) in [5.74, 6) is 2.27. The Bertz CT molecular complexity index is 673. The Balaban J connectivity index is 2.07. The number of hydrogen-bond acceptors (Lipinski definition) is 1. The first kappa shape index (κ1) is 26.4. The zero-order valence-corrected chi connectivity index (χ0v) is 22.1. The van der Waals surface area contributed by atoms with E-state index in [4.69, 9.17) is 0 Å². The van der Waals surface area contributed by atoms with Gasteiger partial charge in [-0.2, -0.15) is 0 Å². The second-order valence-electron chi connectivity index (χ2n) is 11.9. The van der Waals surface area contributed by atoms with Gasteiger partial charge in [-0.1, -0.05) is 55.2 Å². The molecule has 0 bridgehead atoms. The third-order valence-corrected chi connectivity index (χ3v) is 9.32. The maximum Gasteiger partial charge on any atom is 0.0431 e. The van der Waals surface area contributed by atoms with Crippen LogP contribution in [0.5, 0.6) is 0 Å². The smallest absolute Gasteiger partial charge is 0.0431 e. The second-order valence-corrected chi connectivity index (χ2v) is 11.9. The summed E-state index contributed by atoms with van der Waals surface area (Å²) in [6, 6.07) is 0. The van der Waals surface area contributed by atoms with Gasteiger partial charge in [0.05, 0.1) is 0 Å². The Morgan fingerprint density at radius 3 is 2.39 bits per heavy atom. The summed E-state index contributed by atoms with van der Waals surface area (Å²) in [4.78, 5) is 0. The second kappa shape index (κ2) is 11.4. The number of hydrogen-bond donors (Lipinski definition) is 1. The highest BCUT2D eigenvalue weighted by Gasteiger charge is 2.58. The van der Waals surface area contributed by atoms with Crippen molar-refractivity contribution in [2.45, 2.75) is 120 Å². The van der Waals surface area contributed by atoms with Crippen molar-refractivity contribution in [2.75, 3.05) is 6.61 Å². The van der Waals surface area contributed by atoms with Crippen LogP contribution in [-0.4, -0.2) is 11.7 Å². The summed E-state index contributed by atoms with van der Waals surface area (Å²) >= 11 is 0. The molecule has 0 aromatic carbocycles. The maximum absolute atomic E-state index is 9.54. The van der Waals surface area contributed by atoms with Crippen LogP contribution in [-0.2, 0) is 0 Å². The van der Waals surface area contributed by atoms with E-state index in [0.717, 1.165) is 18.3 Å². The zero-order chi connectivity index (χ0) is 23.2. The summed E-state index contributed by atoms with van der Waals surface area (Å²) in [5.41, 5.74) is 7.13. The molecule has 0 aromatic heterocycles.